The summed E-state index contributed by atoms with van der Waals surface area (Å²) in [5, 5.41) is 7.90. The Bertz CT molecular complexity index is 1230. The molecule has 1 N–H and O–H groups in total. The minimum atomic E-state index is -1.02. The molecule has 1 amide bonds. The molecule has 2 aromatic heterocycles. The smallest absolute Gasteiger partial charge is 0.246 e. The largest absolute Gasteiger partial charge is 0.324 e. The van der Waals surface area contributed by atoms with E-state index in [4.69, 9.17) is 0 Å². The van der Waals surface area contributed by atoms with Crippen molar-refractivity contribution in [3.8, 4) is 11.1 Å². The van der Waals surface area contributed by atoms with Crippen LogP contribution in [0, 0.1) is 25.5 Å². The van der Waals surface area contributed by atoms with Crippen LogP contribution >= 0.6 is 0 Å². The van der Waals surface area contributed by atoms with Crippen LogP contribution in [0.3, 0.4) is 0 Å². The van der Waals surface area contributed by atoms with E-state index in [1.54, 1.807) is 6.20 Å². The minimum Gasteiger partial charge on any atom is -0.324 e. The number of carbonyl (C=O) groups excluding carboxylic acids is 1. The quantitative estimate of drug-likeness (QED) is 0.551. The van der Waals surface area contributed by atoms with Gasteiger partial charge in [0, 0.05) is 23.3 Å². The average molecular weight is 392 g/mol. The summed E-state index contributed by atoms with van der Waals surface area (Å²) in [7, 11) is 0. The zero-order chi connectivity index (χ0) is 20.5. The van der Waals surface area contributed by atoms with Gasteiger partial charge in [-0.1, -0.05) is 29.8 Å². The predicted octanol–water partition coefficient (Wildman–Crippen LogP) is 4.63. The van der Waals surface area contributed by atoms with Gasteiger partial charge in [0.15, 0.2) is 17.3 Å². The second-order valence-electron chi connectivity index (χ2n) is 6.85. The Morgan fingerprint density at radius 2 is 1.90 bits per heavy atom. The number of rotatable bonds is 4. The van der Waals surface area contributed by atoms with E-state index in [0.29, 0.717) is 5.65 Å². The van der Waals surface area contributed by atoms with Gasteiger partial charge in [0.05, 0.1) is 5.69 Å². The molecule has 0 atom stereocenters. The Labute approximate surface area is 166 Å². The molecule has 0 fully saturated rings. The molecule has 0 unspecified atom stereocenters. The summed E-state index contributed by atoms with van der Waals surface area (Å²) >= 11 is 0. The Hall–Kier alpha value is -3.61. The number of aryl methyl sites for hydroxylation is 2. The van der Waals surface area contributed by atoms with Crippen molar-refractivity contribution in [2.75, 3.05) is 5.32 Å². The molecule has 4 rings (SSSR count). The van der Waals surface area contributed by atoms with Crippen molar-refractivity contribution in [1.29, 1.82) is 0 Å². The van der Waals surface area contributed by atoms with E-state index in [1.165, 1.54) is 10.7 Å². The molecular weight excluding hydrogens is 374 g/mol. The van der Waals surface area contributed by atoms with Crippen molar-refractivity contribution >= 4 is 22.6 Å². The highest BCUT2D eigenvalue weighted by atomic mass is 19.2. The van der Waals surface area contributed by atoms with E-state index in [2.05, 4.69) is 21.5 Å². The van der Waals surface area contributed by atoms with Crippen LogP contribution in [-0.2, 0) is 11.3 Å². The van der Waals surface area contributed by atoms with Gasteiger partial charge in [0.1, 0.15) is 6.54 Å². The Morgan fingerprint density at radius 1 is 1.07 bits per heavy atom. The zero-order valence-electron chi connectivity index (χ0n) is 15.9. The van der Waals surface area contributed by atoms with Crippen LogP contribution in [0.2, 0.25) is 0 Å². The van der Waals surface area contributed by atoms with Crippen molar-refractivity contribution in [2.45, 2.75) is 20.4 Å². The molecule has 0 aliphatic carbocycles. The number of aromatic nitrogens is 3. The normalized spacial score (nSPS) is 11.0. The van der Waals surface area contributed by atoms with Crippen molar-refractivity contribution < 1.29 is 13.6 Å². The van der Waals surface area contributed by atoms with E-state index in [9.17, 15) is 13.6 Å². The fourth-order valence-corrected chi connectivity index (χ4v) is 3.36. The van der Waals surface area contributed by atoms with Gasteiger partial charge in [0.2, 0.25) is 5.91 Å². The third-order valence-electron chi connectivity index (χ3n) is 4.63. The highest BCUT2D eigenvalue weighted by molar-refractivity contribution is 5.96. The topological polar surface area (TPSA) is 59.8 Å². The monoisotopic (exact) mass is 392 g/mol. The van der Waals surface area contributed by atoms with Crippen molar-refractivity contribution in [3.05, 3.63) is 77.6 Å². The first-order valence-corrected chi connectivity index (χ1v) is 9.06. The van der Waals surface area contributed by atoms with Crippen LogP contribution in [-0.4, -0.2) is 20.7 Å². The van der Waals surface area contributed by atoms with Gasteiger partial charge in [-0.05, 0) is 43.2 Å². The van der Waals surface area contributed by atoms with Crippen molar-refractivity contribution in [1.82, 2.24) is 14.8 Å². The summed E-state index contributed by atoms with van der Waals surface area (Å²) < 4.78 is 27.9. The number of amides is 1. The van der Waals surface area contributed by atoms with E-state index < -0.39 is 17.5 Å². The fraction of sp³-hybridized carbons (Fsp3) is 0.136. The van der Waals surface area contributed by atoms with E-state index in [-0.39, 0.29) is 12.2 Å². The van der Waals surface area contributed by atoms with Crippen LogP contribution in [0.15, 0.2) is 54.7 Å². The van der Waals surface area contributed by atoms with Crippen LogP contribution in [0.4, 0.5) is 14.5 Å². The van der Waals surface area contributed by atoms with Crippen molar-refractivity contribution in [3.63, 3.8) is 0 Å². The number of nitrogens with zero attached hydrogens (tertiary/aromatic N) is 3. The molecule has 29 heavy (non-hydrogen) atoms. The molecule has 0 saturated heterocycles. The highest BCUT2D eigenvalue weighted by Crippen LogP contribution is 2.30. The molecule has 2 aromatic carbocycles. The predicted molar refractivity (Wildman–Crippen MR) is 107 cm³/mol. The number of carbonyl (C=O) groups is 1. The Balaban J connectivity index is 1.66. The molecule has 0 aliphatic heterocycles. The molecule has 0 spiro atoms. The summed E-state index contributed by atoms with van der Waals surface area (Å²) in [5.74, 6) is -2.40. The number of fused-ring (bicyclic) bond motifs is 1. The number of benzene rings is 2. The standard InChI is InChI=1S/C22H18F2N4O/c1-13-4-3-5-15(10-13)17-8-9-25-22-21(17)14(2)27-28(22)12-20(29)26-16-6-7-18(23)19(24)11-16/h3-11H,12H2,1-2H3,(H,26,29). The van der Waals surface area contributed by atoms with E-state index >= 15 is 0 Å². The summed E-state index contributed by atoms with van der Waals surface area (Å²) in [6.07, 6.45) is 1.69. The van der Waals surface area contributed by atoms with Gasteiger partial charge in [0.25, 0.3) is 0 Å². The van der Waals surface area contributed by atoms with E-state index in [1.807, 2.05) is 38.1 Å². The fourth-order valence-electron chi connectivity index (χ4n) is 3.36. The second kappa shape index (κ2) is 7.43. The first kappa shape index (κ1) is 18.7. The molecule has 0 radical (unpaired) electrons. The molecule has 0 saturated carbocycles. The summed E-state index contributed by atoms with van der Waals surface area (Å²) in [4.78, 5) is 16.8. The summed E-state index contributed by atoms with van der Waals surface area (Å²) in [6, 6.07) is 13.3. The zero-order valence-corrected chi connectivity index (χ0v) is 15.9. The van der Waals surface area contributed by atoms with Crippen LogP contribution < -0.4 is 5.32 Å². The number of hydrogen-bond acceptors (Lipinski definition) is 3. The molecule has 5 nitrogen and oxygen atoms in total. The molecule has 2 heterocycles. The van der Waals surface area contributed by atoms with Crippen molar-refractivity contribution in [2.24, 2.45) is 0 Å². The SMILES string of the molecule is Cc1cccc(-c2ccnc3c2c(C)nn3CC(=O)Nc2ccc(F)c(F)c2)c1. The maximum absolute atomic E-state index is 13.3. The molecule has 7 heteroatoms. The number of pyridine rings is 1. The summed E-state index contributed by atoms with van der Waals surface area (Å²) in [6.45, 7) is 3.79. The number of nitrogens with one attached hydrogen (secondary N) is 1. The highest BCUT2D eigenvalue weighted by Gasteiger charge is 2.16. The lowest BCUT2D eigenvalue weighted by atomic mass is 10.0. The van der Waals surface area contributed by atoms with Gasteiger partial charge >= 0.3 is 0 Å². The Kier molecular flexibility index (Phi) is 4.80. The number of halogens is 2. The molecule has 0 aliphatic rings. The van der Waals surface area contributed by atoms with Gasteiger partial charge in [-0.2, -0.15) is 5.10 Å². The second-order valence-corrected chi connectivity index (χ2v) is 6.85. The van der Waals surface area contributed by atoms with Gasteiger partial charge in [-0.3, -0.25) is 4.79 Å². The minimum absolute atomic E-state index is 0.104. The third-order valence-corrected chi connectivity index (χ3v) is 4.63. The van der Waals surface area contributed by atoms with Gasteiger partial charge in [-0.25, -0.2) is 18.4 Å². The molecule has 4 aromatic rings. The first-order valence-electron chi connectivity index (χ1n) is 9.06. The molecule has 146 valence electrons. The van der Waals surface area contributed by atoms with Crippen LogP contribution in [0.25, 0.3) is 22.2 Å². The van der Waals surface area contributed by atoms with Gasteiger partial charge in [-0.15, -0.1) is 0 Å². The number of anilines is 1. The lowest BCUT2D eigenvalue weighted by Crippen LogP contribution is -2.20. The Morgan fingerprint density at radius 3 is 2.66 bits per heavy atom. The van der Waals surface area contributed by atoms with E-state index in [0.717, 1.165) is 39.9 Å². The average Bonchev–Trinajstić information content (AvgIpc) is 3.00. The lowest BCUT2D eigenvalue weighted by molar-refractivity contribution is -0.116. The van der Waals surface area contributed by atoms with Crippen LogP contribution in [0.1, 0.15) is 11.3 Å². The lowest BCUT2D eigenvalue weighted by Gasteiger charge is -2.07. The van der Waals surface area contributed by atoms with Crippen LogP contribution in [0.5, 0.6) is 0 Å². The molecular formula is C22H18F2N4O. The summed E-state index contributed by atoms with van der Waals surface area (Å²) in [5.41, 5.74) is 4.70. The third kappa shape index (κ3) is 3.71. The first-order chi connectivity index (χ1) is 13.9. The maximum Gasteiger partial charge on any atom is 0.246 e. The number of hydrogen-bond donors (Lipinski definition) is 1. The maximum atomic E-state index is 13.3. The molecule has 0 bridgehead atoms. The van der Waals surface area contributed by atoms with Gasteiger partial charge < -0.3 is 5.32 Å².